The van der Waals surface area contributed by atoms with Crippen LogP contribution >= 0.6 is 15.9 Å². The normalized spacial score (nSPS) is 10.2. The summed E-state index contributed by atoms with van der Waals surface area (Å²) in [5, 5.41) is 11.0. The fraction of sp³-hybridized carbons (Fsp3) is 0.133. The largest absolute Gasteiger partial charge is 0.450 e. The van der Waals surface area contributed by atoms with Crippen LogP contribution in [0.2, 0.25) is 0 Å². The van der Waals surface area contributed by atoms with Crippen LogP contribution in [-0.2, 0) is 0 Å². The molecule has 0 bridgehead atoms. The number of nitro benzene ring substituents is 1. The van der Waals surface area contributed by atoms with Gasteiger partial charge in [-0.25, -0.2) is 0 Å². The van der Waals surface area contributed by atoms with Gasteiger partial charge >= 0.3 is 5.69 Å². The molecule has 0 radical (unpaired) electrons. The van der Waals surface area contributed by atoms with Crippen LogP contribution in [0.4, 0.5) is 5.69 Å². The summed E-state index contributed by atoms with van der Waals surface area (Å²) in [5.41, 5.74) is 0.381. The Labute approximate surface area is 129 Å². The zero-order valence-electron chi connectivity index (χ0n) is 11.2. The van der Waals surface area contributed by atoms with Crippen molar-refractivity contribution >= 4 is 27.4 Å². The third kappa shape index (κ3) is 3.66. The predicted molar refractivity (Wildman–Crippen MR) is 81.9 cm³/mol. The Bertz CT molecular complexity index is 700. The summed E-state index contributed by atoms with van der Waals surface area (Å²) in [7, 11) is 0. The van der Waals surface area contributed by atoms with E-state index in [0.717, 1.165) is 0 Å². The third-order valence-electron chi connectivity index (χ3n) is 2.82. The molecule has 0 saturated heterocycles. The molecule has 0 aromatic heterocycles. The smallest absolute Gasteiger partial charge is 0.312 e. The lowest BCUT2D eigenvalue weighted by molar-refractivity contribution is -0.385. The molecule has 2 aromatic carbocycles. The molecular weight excluding hydrogens is 338 g/mol. The van der Waals surface area contributed by atoms with Gasteiger partial charge in [-0.3, -0.25) is 14.9 Å². The Morgan fingerprint density at radius 3 is 2.71 bits per heavy atom. The van der Waals surface area contributed by atoms with E-state index >= 15 is 0 Å². The maximum absolute atomic E-state index is 11.7. The molecule has 0 saturated carbocycles. The molecule has 0 unspecified atom stereocenters. The van der Waals surface area contributed by atoms with Crippen LogP contribution in [0.1, 0.15) is 23.7 Å². The van der Waals surface area contributed by atoms with Crippen LogP contribution in [0.5, 0.6) is 11.5 Å². The number of halogens is 1. The van der Waals surface area contributed by atoms with Gasteiger partial charge in [-0.1, -0.05) is 35.0 Å². The van der Waals surface area contributed by atoms with Gasteiger partial charge in [0, 0.05) is 22.5 Å². The van der Waals surface area contributed by atoms with Crippen molar-refractivity contribution in [1.29, 1.82) is 0 Å². The summed E-state index contributed by atoms with van der Waals surface area (Å²) in [6.07, 6.45) is 0.391. The number of nitrogens with zero attached hydrogens (tertiary/aromatic N) is 1. The van der Waals surface area contributed by atoms with E-state index < -0.39 is 4.92 Å². The lowest BCUT2D eigenvalue weighted by atomic mass is 10.1. The van der Waals surface area contributed by atoms with Crippen molar-refractivity contribution in [2.24, 2.45) is 0 Å². The number of nitro groups is 1. The fourth-order valence-electron chi connectivity index (χ4n) is 1.78. The molecule has 6 heteroatoms. The van der Waals surface area contributed by atoms with Crippen LogP contribution in [0.25, 0.3) is 0 Å². The first-order chi connectivity index (χ1) is 10.0. The average Bonchev–Trinajstić information content (AvgIpc) is 2.48. The van der Waals surface area contributed by atoms with E-state index in [1.807, 2.05) is 0 Å². The summed E-state index contributed by atoms with van der Waals surface area (Å²) in [5.74, 6) is 0.509. The number of rotatable bonds is 5. The van der Waals surface area contributed by atoms with Crippen molar-refractivity contribution in [2.75, 3.05) is 0 Å². The molecule has 5 nitrogen and oxygen atoms in total. The van der Waals surface area contributed by atoms with Gasteiger partial charge in [0.15, 0.2) is 5.78 Å². The van der Waals surface area contributed by atoms with E-state index in [-0.39, 0.29) is 17.2 Å². The first-order valence-electron chi connectivity index (χ1n) is 6.26. The predicted octanol–water partition coefficient (Wildman–Crippen LogP) is 4.74. The molecule has 0 heterocycles. The van der Waals surface area contributed by atoms with Crippen LogP contribution < -0.4 is 4.74 Å². The summed E-state index contributed by atoms with van der Waals surface area (Å²) >= 11 is 3.19. The van der Waals surface area contributed by atoms with Crippen molar-refractivity contribution in [3.05, 3.63) is 62.6 Å². The van der Waals surface area contributed by atoms with E-state index in [4.69, 9.17) is 4.74 Å². The summed E-state index contributed by atoms with van der Waals surface area (Å²) < 4.78 is 6.14. The Morgan fingerprint density at radius 1 is 1.29 bits per heavy atom. The molecule has 21 heavy (non-hydrogen) atoms. The van der Waals surface area contributed by atoms with Gasteiger partial charge in [-0.15, -0.1) is 0 Å². The minimum Gasteiger partial charge on any atom is -0.450 e. The molecule has 0 amide bonds. The average molecular weight is 350 g/mol. The molecule has 0 N–H and O–H groups in total. The van der Waals surface area contributed by atoms with Gasteiger partial charge in [0.2, 0.25) is 5.75 Å². The number of ketones is 1. The second kappa shape index (κ2) is 6.49. The highest BCUT2D eigenvalue weighted by Gasteiger charge is 2.16. The molecule has 0 atom stereocenters. The zero-order chi connectivity index (χ0) is 15.4. The SMILES string of the molecule is CCC(=O)c1cccc(Oc2ccc(Br)cc2[N+](=O)[O-])c1. The number of benzene rings is 2. The molecule has 0 spiro atoms. The topological polar surface area (TPSA) is 69.4 Å². The monoisotopic (exact) mass is 349 g/mol. The summed E-state index contributed by atoms with van der Waals surface area (Å²) in [4.78, 5) is 22.2. The molecule has 2 rings (SSSR count). The quantitative estimate of drug-likeness (QED) is 0.444. The van der Waals surface area contributed by atoms with Gasteiger partial charge in [-0.05, 0) is 24.3 Å². The van der Waals surface area contributed by atoms with Crippen molar-refractivity contribution in [2.45, 2.75) is 13.3 Å². The number of carbonyl (C=O) groups is 1. The number of Topliss-reactive ketones (excluding diaryl/α,β-unsaturated/α-hetero) is 1. The Kier molecular flexibility index (Phi) is 4.70. The molecular formula is C15H12BrNO4. The highest BCUT2D eigenvalue weighted by atomic mass is 79.9. The second-order valence-electron chi connectivity index (χ2n) is 4.28. The van der Waals surface area contributed by atoms with E-state index in [1.165, 1.54) is 12.1 Å². The molecule has 2 aromatic rings. The first-order valence-corrected chi connectivity index (χ1v) is 7.05. The van der Waals surface area contributed by atoms with Gasteiger partial charge in [0.05, 0.1) is 4.92 Å². The number of hydrogen-bond donors (Lipinski definition) is 0. The standard InChI is InChI=1S/C15H12BrNO4/c1-2-14(18)10-4-3-5-12(8-10)21-15-7-6-11(16)9-13(15)17(19)20/h3-9H,2H2,1H3. The third-order valence-corrected chi connectivity index (χ3v) is 3.32. The zero-order valence-corrected chi connectivity index (χ0v) is 12.8. The van der Waals surface area contributed by atoms with Crippen LogP contribution in [0.15, 0.2) is 46.9 Å². The van der Waals surface area contributed by atoms with E-state index in [2.05, 4.69) is 15.9 Å². The Morgan fingerprint density at radius 2 is 2.05 bits per heavy atom. The summed E-state index contributed by atoms with van der Waals surface area (Å²) in [6.45, 7) is 1.77. The molecule has 0 aliphatic rings. The summed E-state index contributed by atoms with van der Waals surface area (Å²) in [6, 6.07) is 11.1. The van der Waals surface area contributed by atoms with Gasteiger partial charge in [-0.2, -0.15) is 0 Å². The van der Waals surface area contributed by atoms with Gasteiger partial charge < -0.3 is 4.74 Å². The van der Waals surface area contributed by atoms with Crippen LogP contribution in [-0.4, -0.2) is 10.7 Å². The number of hydrogen-bond acceptors (Lipinski definition) is 4. The molecule has 0 aliphatic heterocycles. The number of ether oxygens (including phenoxy) is 1. The lowest BCUT2D eigenvalue weighted by Gasteiger charge is -2.07. The minimum absolute atomic E-state index is 0.00856. The van der Waals surface area contributed by atoms with Crippen molar-refractivity contribution in [3.8, 4) is 11.5 Å². The van der Waals surface area contributed by atoms with Gasteiger partial charge in [0.25, 0.3) is 0 Å². The van der Waals surface area contributed by atoms with E-state index in [9.17, 15) is 14.9 Å². The molecule has 0 fully saturated rings. The van der Waals surface area contributed by atoms with E-state index in [1.54, 1.807) is 37.3 Å². The first kappa shape index (κ1) is 15.2. The number of carbonyl (C=O) groups excluding carboxylic acids is 1. The highest BCUT2D eigenvalue weighted by Crippen LogP contribution is 2.33. The maximum Gasteiger partial charge on any atom is 0.312 e. The minimum atomic E-state index is -0.513. The van der Waals surface area contributed by atoms with Crippen LogP contribution in [0.3, 0.4) is 0 Å². The van der Waals surface area contributed by atoms with Crippen LogP contribution in [0, 0.1) is 10.1 Å². The maximum atomic E-state index is 11.7. The molecule has 108 valence electrons. The second-order valence-corrected chi connectivity index (χ2v) is 5.19. The Hall–Kier alpha value is -2.21. The van der Waals surface area contributed by atoms with Gasteiger partial charge in [0.1, 0.15) is 5.75 Å². The lowest BCUT2D eigenvalue weighted by Crippen LogP contribution is -1.97. The molecule has 0 aliphatic carbocycles. The highest BCUT2D eigenvalue weighted by molar-refractivity contribution is 9.10. The fourth-order valence-corrected chi connectivity index (χ4v) is 2.13. The van der Waals surface area contributed by atoms with Crippen molar-refractivity contribution in [3.63, 3.8) is 0 Å². The van der Waals surface area contributed by atoms with E-state index in [0.29, 0.717) is 22.2 Å². The Balaban J connectivity index is 2.34. The van der Waals surface area contributed by atoms with Crippen molar-refractivity contribution in [1.82, 2.24) is 0 Å². The van der Waals surface area contributed by atoms with Crippen molar-refractivity contribution < 1.29 is 14.5 Å².